The Morgan fingerprint density at radius 1 is 0.850 bits per heavy atom. The van der Waals surface area contributed by atoms with E-state index >= 15 is 0 Å². The fourth-order valence-electron chi connectivity index (χ4n) is 6.08. The second-order valence-electron chi connectivity index (χ2n) is 10.3. The van der Waals surface area contributed by atoms with Gasteiger partial charge in [-0.1, -0.05) is 91.0 Å². The van der Waals surface area contributed by atoms with Gasteiger partial charge in [-0.3, -0.25) is 0 Å². The summed E-state index contributed by atoms with van der Waals surface area (Å²) in [4.78, 5) is 22.4. The number of hydrogen-bond acceptors (Lipinski definition) is 5. The Labute approximate surface area is 232 Å². The zero-order valence-electron chi connectivity index (χ0n) is 22.0. The second-order valence-corrected chi connectivity index (χ2v) is 10.3. The van der Waals surface area contributed by atoms with Crippen molar-refractivity contribution < 1.29 is 15.0 Å². The van der Waals surface area contributed by atoms with Crippen molar-refractivity contribution in [2.24, 2.45) is 5.92 Å². The van der Waals surface area contributed by atoms with Crippen LogP contribution in [0.3, 0.4) is 0 Å². The third-order valence-electron chi connectivity index (χ3n) is 7.82. The highest BCUT2D eigenvalue weighted by Gasteiger charge is 2.39. The molecule has 1 aliphatic rings. The molecule has 1 aliphatic heterocycles. The van der Waals surface area contributed by atoms with E-state index in [9.17, 15) is 15.0 Å². The van der Waals surface area contributed by atoms with Crippen molar-refractivity contribution in [2.45, 2.75) is 18.0 Å². The number of nitrogens with one attached hydrogen (secondary N) is 1. The number of likely N-dealkylation sites (tertiary alicyclic amines) is 1. The summed E-state index contributed by atoms with van der Waals surface area (Å²) in [6.07, 6.45) is 3.27. The first-order chi connectivity index (χ1) is 19.6. The van der Waals surface area contributed by atoms with Gasteiger partial charge in [0.25, 0.3) is 0 Å². The molecule has 6 rings (SSSR count). The normalized spacial score (nSPS) is 17.6. The van der Waals surface area contributed by atoms with Gasteiger partial charge < -0.3 is 25.0 Å². The number of benzene rings is 3. The number of aliphatic hydroxyl groups is 1. The number of fused-ring (bicyclic) bond motifs is 1. The van der Waals surface area contributed by atoms with Gasteiger partial charge in [-0.05, 0) is 29.2 Å². The summed E-state index contributed by atoms with van der Waals surface area (Å²) >= 11 is 0. The van der Waals surface area contributed by atoms with Crippen molar-refractivity contribution in [3.05, 3.63) is 126 Å². The zero-order chi connectivity index (χ0) is 27.5. The Morgan fingerprint density at radius 3 is 1.95 bits per heavy atom. The number of rotatable bonds is 7. The van der Waals surface area contributed by atoms with Crippen molar-refractivity contribution in [1.29, 1.82) is 0 Å². The highest BCUT2D eigenvalue weighted by atomic mass is 16.4. The fourth-order valence-corrected chi connectivity index (χ4v) is 6.08. The van der Waals surface area contributed by atoms with E-state index < -0.39 is 11.6 Å². The molecular formula is C32H31N5O3. The first-order valence-corrected chi connectivity index (χ1v) is 13.5. The lowest BCUT2D eigenvalue weighted by Crippen LogP contribution is -2.49. The number of carboxylic acid groups (broad SMARTS) is 1. The molecule has 202 valence electrons. The van der Waals surface area contributed by atoms with Crippen LogP contribution in [0.2, 0.25) is 0 Å². The molecule has 8 nitrogen and oxygen atoms in total. The van der Waals surface area contributed by atoms with Gasteiger partial charge in [-0.25, -0.2) is 14.8 Å². The molecule has 40 heavy (non-hydrogen) atoms. The van der Waals surface area contributed by atoms with E-state index in [2.05, 4.69) is 93.9 Å². The molecule has 1 saturated heterocycles. The van der Waals surface area contributed by atoms with Crippen LogP contribution in [-0.4, -0.2) is 61.5 Å². The number of aliphatic hydroxyl groups excluding tert-OH is 1. The van der Waals surface area contributed by atoms with Crippen molar-refractivity contribution in [3.63, 3.8) is 0 Å². The van der Waals surface area contributed by atoms with Gasteiger partial charge >= 0.3 is 6.09 Å². The van der Waals surface area contributed by atoms with Gasteiger partial charge in [0, 0.05) is 37.9 Å². The molecule has 3 heterocycles. The zero-order valence-corrected chi connectivity index (χ0v) is 22.0. The van der Waals surface area contributed by atoms with Gasteiger partial charge in [-0.15, -0.1) is 0 Å². The minimum atomic E-state index is -0.984. The maximum atomic E-state index is 11.7. The molecule has 0 spiro atoms. The number of hydrogen-bond donors (Lipinski definition) is 3. The number of piperidine rings is 1. The maximum Gasteiger partial charge on any atom is 0.407 e. The molecule has 3 N–H and O–H groups in total. The molecule has 1 amide bonds. The van der Waals surface area contributed by atoms with Crippen LogP contribution in [0.15, 0.2) is 110 Å². The molecule has 1 fully saturated rings. The first-order valence-electron chi connectivity index (χ1n) is 13.5. The Morgan fingerprint density at radius 2 is 1.43 bits per heavy atom. The lowest BCUT2D eigenvalue weighted by atomic mass is 9.76. The van der Waals surface area contributed by atoms with Crippen LogP contribution < -0.4 is 5.32 Å². The molecule has 0 radical (unpaired) electrons. The molecule has 0 saturated carbocycles. The van der Waals surface area contributed by atoms with E-state index in [1.165, 1.54) is 4.90 Å². The highest BCUT2D eigenvalue weighted by Crippen LogP contribution is 2.43. The standard InChI is InChI=1S/C32H31N5O3/c38-21-23-18-27(20-36(19-23)31(39)40)35-29-28-16-17-37(30(28)34-22-33-29)32(24-10-4-1-5-11-24,25-12-6-2-7-13-25)26-14-8-3-9-15-26/h1-17,22-23,27,38H,18-21H2,(H,39,40)(H,33,34,35)/t23-,27+/m1/s1. The summed E-state index contributed by atoms with van der Waals surface area (Å²) in [5, 5.41) is 23.7. The van der Waals surface area contributed by atoms with E-state index in [1.54, 1.807) is 6.33 Å². The van der Waals surface area contributed by atoms with Gasteiger partial charge in [0.1, 0.15) is 23.3 Å². The number of amides is 1. The van der Waals surface area contributed by atoms with Crippen molar-refractivity contribution >= 4 is 22.9 Å². The molecule has 0 bridgehead atoms. The average molecular weight is 534 g/mol. The predicted molar refractivity (Wildman–Crippen MR) is 154 cm³/mol. The van der Waals surface area contributed by atoms with Crippen molar-refractivity contribution in [1.82, 2.24) is 19.4 Å². The summed E-state index contributed by atoms with van der Waals surface area (Å²) < 4.78 is 2.20. The first kappa shape index (κ1) is 25.6. The van der Waals surface area contributed by atoms with Gasteiger partial charge in [-0.2, -0.15) is 0 Å². The summed E-state index contributed by atoms with van der Waals surface area (Å²) in [5.74, 6) is 0.506. The number of carbonyl (C=O) groups is 1. The van der Waals surface area contributed by atoms with Crippen LogP contribution in [-0.2, 0) is 5.54 Å². The average Bonchev–Trinajstić information content (AvgIpc) is 3.44. The number of nitrogens with zero attached hydrogens (tertiary/aromatic N) is 4. The van der Waals surface area contributed by atoms with Crippen molar-refractivity contribution in [3.8, 4) is 0 Å². The lowest BCUT2D eigenvalue weighted by molar-refractivity contribution is 0.0951. The van der Waals surface area contributed by atoms with Crippen LogP contribution in [0.4, 0.5) is 10.6 Å². The lowest BCUT2D eigenvalue weighted by Gasteiger charge is -2.38. The van der Waals surface area contributed by atoms with Crippen LogP contribution >= 0.6 is 0 Å². The molecule has 2 aromatic heterocycles. The van der Waals surface area contributed by atoms with Crippen molar-refractivity contribution in [2.75, 3.05) is 25.0 Å². The third kappa shape index (κ3) is 4.46. The van der Waals surface area contributed by atoms with E-state index in [1.807, 2.05) is 24.3 Å². The molecule has 0 unspecified atom stereocenters. The quantitative estimate of drug-likeness (QED) is 0.253. The Kier molecular flexibility index (Phi) is 6.92. The summed E-state index contributed by atoms with van der Waals surface area (Å²) in [5.41, 5.74) is 3.30. The van der Waals surface area contributed by atoms with Crippen LogP contribution in [0.1, 0.15) is 23.1 Å². The molecule has 5 aromatic rings. The van der Waals surface area contributed by atoms with E-state index in [-0.39, 0.29) is 18.6 Å². The predicted octanol–water partition coefficient (Wildman–Crippen LogP) is 5.04. The molecule has 8 heteroatoms. The third-order valence-corrected chi connectivity index (χ3v) is 7.82. The van der Waals surface area contributed by atoms with Gasteiger partial charge in [0.2, 0.25) is 0 Å². The van der Waals surface area contributed by atoms with Crippen LogP contribution in [0.25, 0.3) is 11.0 Å². The van der Waals surface area contributed by atoms with Gasteiger partial charge in [0.05, 0.1) is 5.39 Å². The molecule has 0 aliphatic carbocycles. The van der Waals surface area contributed by atoms with E-state index in [4.69, 9.17) is 4.98 Å². The fraction of sp³-hybridized carbons (Fsp3) is 0.219. The van der Waals surface area contributed by atoms with Crippen LogP contribution in [0, 0.1) is 5.92 Å². The topological polar surface area (TPSA) is 104 Å². The summed E-state index contributed by atoms with van der Waals surface area (Å²) in [7, 11) is 0. The number of aromatic nitrogens is 3. The Bertz CT molecular complexity index is 1490. The summed E-state index contributed by atoms with van der Waals surface area (Å²) in [6.45, 7) is 0.582. The Balaban J connectivity index is 1.52. The summed E-state index contributed by atoms with van der Waals surface area (Å²) in [6, 6.07) is 33.1. The van der Waals surface area contributed by atoms with Gasteiger partial charge in [0.15, 0.2) is 0 Å². The molecule has 2 atom stereocenters. The smallest absolute Gasteiger partial charge is 0.407 e. The number of anilines is 1. The molecule has 3 aromatic carbocycles. The Hall–Kier alpha value is -4.69. The maximum absolute atomic E-state index is 11.7. The highest BCUT2D eigenvalue weighted by molar-refractivity contribution is 5.88. The minimum absolute atomic E-state index is 0.0642. The minimum Gasteiger partial charge on any atom is -0.465 e. The largest absolute Gasteiger partial charge is 0.465 e. The monoisotopic (exact) mass is 533 g/mol. The van der Waals surface area contributed by atoms with E-state index in [0.717, 1.165) is 27.7 Å². The molecular weight excluding hydrogens is 502 g/mol. The van der Waals surface area contributed by atoms with Crippen LogP contribution in [0.5, 0.6) is 0 Å². The SMILES string of the molecule is O=C(O)N1C[C@H](CO)C[C@H](Nc2ncnc3c2ccn3C(c2ccccc2)(c2ccccc2)c2ccccc2)C1. The second kappa shape index (κ2) is 10.8. The van der Waals surface area contributed by atoms with E-state index in [0.29, 0.717) is 25.3 Å².